The van der Waals surface area contributed by atoms with Crippen molar-refractivity contribution < 1.29 is 9.52 Å². The summed E-state index contributed by atoms with van der Waals surface area (Å²) in [6.07, 6.45) is 3.20. The van der Waals surface area contributed by atoms with Gasteiger partial charge >= 0.3 is 0 Å². The SMILES string of the molecule is Cc1ccc2oc(-c3cc(-n4cnnc4)cc(C)c3O)nc2c1. The first-order chi connectivity index (χ1) is 11.1. The Labute approximate surface area is 132 Å². The molecule has 2 aromatic carbocycles. The molecule has 114 valence electrons. The molecule has 1 N–H and O–H groups in total. The van der Waals surface area contributed by atoms with Crippen LogP contribution in [0.2, 0.25) is 0 Å². The molecule has 23 heavy (non-hydrogen) atoms. The second kappa shape index (κ2) is 4.95. The summed E-state index contributed by atoms with van der Waals surface area (Å²) in [5, 5.41) is 18.0. The van der Waals surface area contributed by atoms with Gasteiger partial charge in [-0.05, 0) is 49.2 Å². The number of rotatable bonds is 2. The Hall–Kier alpha value is -3.15. The molecule has 0 saturated heterocycles. The van der Waals surface area contributed by atoms with E-state index in [4.69, 9.17) is 4.42 Å². The van der Waals surface area contributed by atoms with Crippen molar-refractivity contribution in [3.63, 3.8) is 0 Å². The van der Waals surface area contributed by atoms with E-state index < -0.39 is 0 Å². The number of aromatic hydroxyl groups is 1. The van der Waals surface area contributed by atoms with E-state index in [9.17, 15) is 5.11 Å². The van der Waals surface area contributed by atoms with Crippen molar-refractivity contribution in [1.82, 2.24) is 19.7 Å². The zero-order chi connectivity index (χ0) is 16.0. The Morgan fingerprint density at radius 3 is 2.61 bits per heavy atom. The van der Waals surface area contributed by atoms with Crippen molar-refractivity contribution in [2.24, 2.45) is 0 Å². The van der Waals surface area contributed by atoms with Gasteiger partial charge in [0.25, 0.3) is 0 Å². The van der Waals surface area contributed by atoms with E-state index in [1.807, 2.05) is 44.2 Å². The maximum absolute atomic E-state index is 10.4. The summed E-state index contributed by atoms with van der Waals surface area (Å²) in [6, 6.07) is 9.47. The minimum absolute atomic E-state index is 0.158. The average Bonchev–Trinajstić information content (AvgIpc) is 3.18. The smallest absolute Gasteiger partial charge is 0.231 e. The second-order valence-electron chi connectivity index (χ2n) is 5.52. The number of nitrogens with zero attached hydrogens (tertiary/aromatic N) is 4. The number of phenolic OH excluding ortho intramolecular Hbond substituents is 1. The third kappa shape index (κ3) is 2.24. The first-order valence-electron chi connectivity index (χ1n) is 7.18. The Bertz CT molecular complexity index is 1000. The molecule has 6 heteroatoms. The summed E-state index contributed by atoms with van der Waals surface area (Å²) in [7, 11) is 0. The Kier molecular flexibility index (Phi) is 2.90. The molecular formula is C17H14N4O2. The van der Waals surface area contributed by atoms with E-state index >= 15 is 0 Å². The highest BCUT2D eigenvalue weighted by Gasteiger charge is 2.16. The molecule has 0 bridgehead atoms. The highest BCUT2D eigenvalue weighted by atomic mass is 16.3. The van der Waals surface area contributed by atoms with Gasteiger partial charge in [-0.3, -0.25) is 4.57 Å². The van der Waals surface area contributed by atoms with Gasteiger partial charge < -0.3 is 9.52 Å². The molecule has 0 amide bonds. The first kappa shape index (κ1) is 13.5. The predicted molar refractivity (Wildman–Crippen MR) is 85.5 cm³/mol. The first-order valence-corrected chi connectivity index (χ1v) is 7.18. The maximum atomic E-state index is 10.4. The van der Waals surface area contributed by atoms with Gasteiger partial charge in [0.15, 0.2) is 5.58 Å². The molecule has 0 radical (unpaired) electrons. The average molecular weight is 306 g/mol. The number of aryl methyl sites for hydroxylation is 2. The number of benzene rings is 2. The molecule has 4 rings (SSSR count). The number of fused-ring (bicyclic) bond motifs is 1. The van der Waals surface area contributed by atoms with Gasteiger partial charge in [0.2, 0.25) is 5.89 Å². The molecule has 2 aromatic heterocycles. The lowest BCUT2D eigenvalue weighted by molar-refractivity contribution is 0.470. The molecule has 0 fully saturated rings. The second-order valence-corrected chi connectivity index (χ2v) is 5.52. The summed E-state index contributed by atoms with van der Waals surface area (Å²) < 4.78 is 7.57. The van der Waals surface area contributed by atoms with Gasteiger partial charge in [0, 0.05) is 5.69 Å². The fourth-order valence-electron chi connectivity index (χ4n) is 2.56. The summed E-state index contributed by atoms with van der Waals surface area (Å²) in [5.41, 5.74) is 4.67. The van der Waals surface area contributed by atoms with Gasteiger partial charge in [0.05, 0.1) is 5.56 Å². The van der Waals surface area contributed by atoms with Crippen LogP contribution in [0.4, 0.5) is 0 Å². The third-order valence-corrected chi connectivity index (χ3v) is 3.78. The Balaban J connectivity index is 1.92. The van der Waals surface area contributed by atoms with Crippen molar-refractivity contribution in [2.75, 3.05) is 0 Å². The molecule has 0 unspecified atom stereocenters. The van der Waals surface area contributed by atoms with E-state index in [1.165, 1.54) is 0 Å². The summed E-state index contributed by atoms with van der Waals surface area (Å²) in [6.45, 7) is 3.83. The van der Waals surface area contributed by atoms with Gasteiger partial charge in [0.1, 0.15) is 23.9 Å². The van der Waals surface area contributed by atoms with Gasteiger partial charge in [-0.2, -0.15) is 0 Å². The van der Waals surface area contributed by atoms with Crippen LogP contribution in [0.5, 0.6) is 5.75 Å². The minimum Gasteiger partial charge on any atom is -0.507 e. The quantitative estimate of drug-likeness (QED) is 0.614. The van der Waals surface area contributed by atoms with Crippen LogP contribution in [-0.2, 0) is 0 Å². The van der Waals surface area contributed by atoms with Crippen LogP contribution in [0.1, 0.15) is 11.1 Å². The predicted octanol–water partition coefficient (Wildman–Crippen LogP) is 3.40. The molecule has 0 spiro atoms. The largest absolute Gasteiger partial charge is 0.507 e. The fraction of sp³-hybridized carbons (Fsp3) is 0.118. The number of hydrogen-bond acceptors (Lipinski definition) is 5. The molecule has 0 aliphatic heterocycles. The van der Waals surface area contributed by atoms with Crippen molar-refractivity contribution >= 4 is 11.1 Å². The topological polar surface area (TPSA) is 77.0 Å². The van der Waals surface area contributed by atoms with Gasteiger partial charge in [-0.15, -0.1) is 10.2 Å². The standard InChI is InChI=1S/C17H14N4O2/c1-10-3-4-15-14(5-10)20-17(23-15)13-7-12(6-11(2)16(13)22)21-8-18-19-9-21/h3-9,22H,1-2H3. The third-order valence-electron chi connectivity index (χ3n) is 3.78. The number of phenols is 1. The zero-order valence-corrected chi connectivity index (χ0v) is 12.7. The normalized spacial score (nSPS) is 11.2. The number of oxazole rings is 1. The monoisotopic (exact) mass is 306 g/mol. The van der Waals surface area contributed by atoms with Crippen LogP contribution in [-0.4, -0.2) is 24.9 Å². The van der Waals surface area contributed by atoms with Gasteiger partial charge in [-0.1, -0.05) is 6.07 Å². The molecule has 2 heterocycles. The van der Waals surface area contributed by atoms with Crippen molar-refractivity contribution in [2.45, 2.75) is 13.8 Å². The molecule has 4 aromatic rings. The van der Waals surface area contributed by atoms with Crippen LogP contribution in [0, 0.1) is 13.8 Å². The van der Waals surface area contributed by atoms with E-state index in [0.29, 0.717) is 17.0 Å². The van der Waals surface area contributed by atoms with E-state index in [0.717, 1.165) is 22.3 Å². The summed E-state index contributed by atoms with van der Waals surface area (Å²) >= 11 is 0. The van der Waals surface area contributed by atoms with E-state index in [-0.39, 0.29) is 5.75 Å². The van der Waals surface area contributed by atoms with Crippen molar-refractivity contribution in [3.8, 4) is 22.9 Å². The highest BCUT2D eigenvalue weighted by molar-refractivity contribution is 5.79. The molecule has 0 atom stereocenters. The Morgan fingerprint density at radius 1 is 1.04 bits per heavy atom. The molecule has 0 aliphatic carbocycles. The van der Waals surface area contributed by atoms with Crippen LogP contribution in [0.3, 0.4) is 0 Å². The molecular weight excluding hydrogens is 292 g/mol. The lowest BCUT2D eigenvalue weighted by atomic mass is 10.1. The van der Waals surface area contributed by atoms with Crippen LogP contribution < -0.4 is 0 Å². The molecule has 0 saturated carbocycles. The fourth-order valence-corrected chi connectivity index (χ4v) is 2.56. The maximum Gasteiger partial charge on any atom is 0.231 e. The zero-order valence-electron chi connectivity index (χ0n) is 12.7. The van der Waals surface area contributed by atoms with Crippen LogP contribution >= 0.6 is 0 Å². The summed E-state index contributed by atoms with van der Waals surface area (Å²) in [5.74, 6) is 0.547. The van der Waals surface area contributed by atoms with E-state index in [1.54, 1.807) is 17.2 Å². The lowest BCUT2D eigenvalue weighted by Gasteiger charge is -2.08. The number of aromatic nitrogens is 4. The summed E-state index contributed by atoms with van der Waals surface area (Å²) in [4.78, 5) is 4.50. The van der Waals surface area contributed by atoms with E-state index in [2.05, 4.69) is 15.2 Å². The highest BCUT2D eigenvalue weighted by Crippen LogP contribution is 2.35. The van der Waals surface area contributed by atoms with Crippen LogP contribution in [0.15, 0.2) is 47.4 Å². The van der Waals surface area contributed by atoms with Crippen molar-refractivity contribution in [1.29, 1.82) is 0 Å². The van der Waals surface area contributed by atoms with Crippen LogP contribution in [0.25, 0.3) is 28.2 Å². The molecule has 0 aliphatic rings. The van der Waals surface area contributed by atoms with Crippen molar-refractivity contribution in [3.05, 3.63) is 54.1 Å². The minimum atomic E-state index is 0.158. The number of hydrogen-bond donors (Lipinski definition) is 1. The Morgan fingerprint density at radius 2 is 1.83 bits per heavy atom. The molecule has 6 nitrogen and oxygen atoms in total. The lowest BCUT2D eigenvalue weighted by Crippen LogP contribution is -1.93. The van der Waals surface area contributed by atoms with Gasteiger partial charge in [-0.25, -0.2) is 4.98 Å².